The second-order valence-corrected chi connectivity index (χ2v) is 3.81. The number of rotatable bonds is 3. The Labute approximate surface area is 104 Å². The van der Waals surface area contributed by atoms with E-state index < -0.39 is 5.82 Å². The highest BCUT2D eigenvalue weighted by Gasteiger charge is 2.09. The number of nitrogens with zero attached hydrogens (tertiary/aromatic N) is 3. The summed E-state index contributed by atoms with van der Waals surface area (Å²) >= 11 is 0. The predicted molar refractivity (Wildman–Crippen MR) is 66.1 cm³/mol. The minimum absolute atomic E-state index is 0.0000354. The van der Waals surface area contributed by atoms with Gasteiger partial charge in [0.05, 0.1) is 11.9 Å². The summed E-state index contributed by atoms with van der Waals surface area (Å²) < 4.78 is 14.9. The first-order valence-corrected chi connectivity index (χ1v) is 5.32. The number of nitrogen functional groups attached to an aromatic ring is 1. The first kappa shape index (κ1) is 11.9. The van der Waals surface area contributed by atoms with Crippen molar-refractivity contribution in [3.63, 3.8) is 0 Å². The average molecular weight is 245 g/mol. The smallest absolute Gasteiger partial charge is 0.143 e. The van der Waals surface area contributed by atoms with Gasteiger partial charge in [-0.1, -0.05) is 6.07 Å². The van der Waals surface area contributed by atoms with Crippen LogP contribution in [0, 0.1) is 17.1 Å². The highest BCUT2D eigenvalue weighted by molar-refractivity contribution is 5.58. The molecule has 0 atom stereocenters. The molecule has 0 spiro atoms. The molecule has 18 heavy (non-hydrogen) atoms. The van der Waals surface area contributed by atoms with Gasteiger partial charge in [-0.25, -0.2) is 4.39 Å². The Hall–Kier alpha value is -2.55. The number of hydrogen-bond donors (Lipinski definition) is 2. The van der Waals surface area contributed by atoms with Crippen molar-refractivity contribution in [3.05, 3.63) is 41.3 Å². The van der Waals surface area contributed by atoms with Gasteiger partial charge in [-0.15, -0.1) is 0 Å². The molecule has 1 aromatic heterocycles. The number of hydrogen-bond acceptors (Lipinski definition) is 4. The molecule has 2 rings (SSSR count). The fourth-order valence-corrected chi connectivity index (χ4v) is 1.60. The second-order valence-electron chi connectivity index (χ2n) is 3.81. The topological polar surface area (TPSA) is 79.7 Å². The molecule has 0 aliphatic carbocycles. The highest BCUT2D eigenvalue weighted by Crippen LogP contribution is 2.19. The van der Waals surface area contributed by atoms with Gasteiger partial charge in [-0.2, -0.15) is 10.4 Å². The summed E-state index contributed by atoms with van der Waals surface area (Å²) in [6.07, 6.45) is 1.63. The Morgan fingerprint density at radius 1 is 1.56 bits per heavy atom. The van der Waals surface area contributed by atoms with Crippen LogP contribution in [0.25, 0.3) is 0 Å². The van der Waals surface area contributed by atoms with Crippen LogP contribution in [0.15, 0.2) is 24.4 Å². The summed E-state index contributed by atoms with van der Waals surface area (Å²) in [5.41, 5.74) is 7.03. The third-order valence-electron chi connectivity index (χ3n) is 2.66. The summed E-state index contributed by atoms with van der Waals surface area (Å²) in [6, 6.07) is 6.28. The summed E-state index contributed by atoms with van der Waals surface area (Å²) in [5, 5.41) is 15.9. The summed E-state index contributed by atoms with van der Waals surface area (Å²) in [5.74, 6) is -0.000862. The zero-order valence-corrected chi connectivity index (χ0v) is 9.81. The summed E-state index contributed by atoms with van der Waals surface area (Å²) in [4.78, 5) is 0. The van der Waals surface area contributed by atoms with Crippen molar-refractivity contribution in [3.8, 4) is 6.07 Å². The quantitative estimate of drug-likeness (QED) is 0.861. The number of halogens is 1. The Morgan fingerprint density at radius 3 is 2.94 bits per heavy atom. The molecule has 0 fully saturated rings. The van der Waals surface area contributed by atoms with E-state index in [4.69, 9.17) is 11.0 Å². The first-order chi connectivity index (χ1) is 8.63. The molecule has 0 saturated carbocycles. The van der Waals surface area contributed by atoms with Gasteiger partial charge >= 0.3 is 0 Å². The van der Waals surface area contributed by atoms with Gasteiger partial charge in [0.25, 0.3) is 0 Å². The van der Waals surface area contributed by atoms with Crippen molar-refractivity contribution in [1.29, 1.82) is 5.26 Å². The van der Waals surface area contributed by atoms with E-state index in [2.05, 4.69) is 10.4 Å². The molecule has 3 N–H and O–H groups in total. The Kier molecular flexibility index (Phi) is 3.15. The van der Waals surface area contributed by atoms with Crippen LogP contribution < -0.4 is 11.1 Å². The van der Waals surface area contributed by atoms with Gasteiger partial charge in [-0.05, 0) is 12.1 Å². The molecule has 92 valence electrons. The number of aryl methyl sites for hydroxylation is 1. The number of benzene rings is 1. The van der Waals surface area contributed by atoms with E-state index in [1.807, 2.05) is 6.07 Å². The van der Waals surface area contributed by atoms with Crippen molar-refractivity contribution in [2.45, 2.75) is 6.54 Å². The van der Waals surface area contributed by atoms with E-state index >= 15 is 0 Å². The van der Waals surface area contributed by atoms with Crippen molar-refractivity contribution < 1.29 is 4.39 Å². The zero-order valence-electron chi connectivity index (χ0n) is 9.81. The van der Waals surface area contributed by atoms with Crippen LogP contribution in [0.2, 0.25) is 0 Å². The molecule has 1 aromatic carbocycles. The standard InChI is InChI=1S/C12H12FN5/c1-18-12(15)8(7-17-18)6-16-11-4-2-3-10(13)9(11)5-14/h2-4,7,16H,6,15H2,1H3. The molecular weight excluding hydrogens is 233 g/mol. The lowest BCUT2D eigenvalue weighted by Gasteiger charge is -2.08. The molecule has 0 amide bonds. The largest absolute Gasteiger partial charge is 0.384 e. The monoisotopic (exact) mass is 245 g/mol. The van der Waals surface area contributed by atoms with Crippen molar-refractivity contribution >= 4 is 11.5 Å². The minimum Gasteiger partial charge on any atom is -0.384 e. The van der Waals surface area contributed by atoms with Gasteiger partial charge in [0.2, 0.25) is 0 Å². The van der Waals surface area contributed by atoms with E-state index in [0.29, 0.717) is 18.1 Å². The highest BCUT2D eigenvalue weighted by atomic mass is 19.1. The Bertz CT molecular complexity index is 611. The molecule has 5 nitrogen and oxygen atoms in total. The maximum Gasteiger partial charge on any atom is 0.143 e. The zero-order chi connectivity index (χ0) is 13.1. The fraction of sp³-hybridized carbons (Fsp3) is 0.167. The second kappa shape index (κ2) is 4.75. The predicted octanol–water partition coefficient (Wildman–Crippen LogP) is 1.63. The van der Waals surface area contributed by atoms with E-state index in [-0.39, 0.29) is 5.56 Å². The lowest BCUT2D eigenvalue weighted by molar-refractivity contribution is 0.624. The fourth-order valence-electron chi connectivity index (χ4n) is 1.60. The van der Waals surface area contributed by atoms with Crippen molar-refractivity contribution in [1.82, 2.24) is 9.78 Å². The van der Waals surface area contributed by atoms with E-state index in [0.717, 1.165) is 5.56 Å². The Balaban J connectivity index is 2.19. The van der Waals surface area contributed by atoms with Gasteiger partial charge in [0, 0.05) is 19.2 Å². The molecule has 0 unspecified atom stereocenters. The molecule has 0 radical (unpaired) electrons. The molecule has 2 aromatic rings. The normalized spacial score (nSPS) is 10.1. The number of nitriles is 1. The lowest BCUT2D eigenvalue weighted by atomic mass is 10.2. The number of nitrogens with one attached hydrogen (secondary N) is 1. The van der Waals surface area contributed by atoms with Crippen LogP contribution in [0.1, 0.15) is 11.1 Å². The first-order valence-electron chi connectivity index (χ1n) is 5.32. The van der Waals surface area contributed by atoms with Gasteiger partial charge in [-0.3, -0.25) is 4.68 Å². The molecular formula is C12H12FN5. The van der Waals surface area contributed by atoms with Crippen molar-refractivity contribution in [2.75, 3.05) is 11.1 Å². The number of nitrogens with two attached hydrogens (primary N) is 1. The number of aromatic nitrogens is 2. The van der Waals surface area contributed by atoms with E-state index in [1.165, 1.54) is 6.07 Å². The minimum atomic E-state index is -0.540. The molecule has 6 heteroatoms. The third-order valence-corrected chi connectivity index (χ3v) is 2.66. The molecule has 0 aliphatic rings. The van der Waals surface area contributed by atoms with E-state index in [9.17, 15) is 4.39 Å². The van der Waals surface area contributed by atoms with E-state index in [1.54, 1.807) is 30.1 Å². The van der Waals surface area contributed by atoms with Crippen LogP contribution in [0.4, 0.5) is 15.9 Å². The average Bonchev–Trinajstić information content (AvgIpc) is 2.68. The van der Waals surface area contributed by atoms with Crippen LogP contribution in [-0.2, 0) is 13.6 Å². The molecule has 0 bridgehead atoms. The number of anilines is 2. The molecule has 0 aliphatic heterocycles. The maximum atomic E-state index is 13.4. The van der Waals surface area contributed by atoms with Crippen LogP contribution in [0.5, 0.6) is 0 Å². The Morgan fingerprint density at radius 2 is 2.33 bits per heavy atom. The van der Waals surface area contributed by atoms with Crippen LogP contribution >= 0.6 is 0 Å². The molecule has 1 heterocycles. The van der Waals surface area contributed by atoms with Gasteiger partial charge in [0.15, 0.2) is 0 Å². The summed E-state index contributed by atoms with van der Waals surface area (Å²) in [6.45, 7) is 0.387. The molecule has 0 saturated heterocycles. The van der Waals surface area contributed by atoms with Crippen molar-refractivity contribution in [2.24, 2.45) is 7.05 Å². The van der Waals surface area contributed by atoms with Gasteiger partial charge < -0.3 is 11.1 Å². The van der Waals surface area contributed by atoms with Crippen LogP contribution in [0.3, 0.4) is 0 Å². The maximum absolute atomic E-state index is 13.4. The third kappa shape index (κ3) is 2.11. The van der Waals surface area contributed by atoms with Crippen LogP contribution in [-0.4, -0.2) is 9.78 Å². The summed E-state index contributed by atoms with van der Waals surface area (Å²) in [7, 11) is 1.74. The van der Waals surface area contributed by atoms with Gasteiger partial charge in [0.1, 0.15) is 23.3 Å². The lowest BCUT2D eigenvalue weighted by Crippen LogP contribution is -2.05. The SMILES string of the molecule is Cn1ncc(CNc2cccc(F)c2C#N)c1N.